The van der Waals surface area contributed by atoms with E-state index in [9.17, 15) is 24.6 Å². The minimum atomic E-state index is -1.99. The smallest absolute Gasteiger partial charge is 0.549 e. The molecule has 0 aromatic heterocycles. The zero-order chi connectivity index (χ0) is 20.1. The van der Waals surface area contributed by atoms with E-state index < -0.39 is 29.4 Å². The fourth-order valence-corrected chi connectivity index (χ4v) is 2.73. The first-order valence-corrected chi connectivity index (χ1v) is 8.38. The van der Waals surface area contributed by atoms with E-state index in [1.165, 1.54) is 0 Å². The Balaban J connectivity index is 0.000000488. The summed E-state index contributed by atoms with van der Waals surface area (Å²) in [6.45, 7) is 6.22. The summed E-state index contributed by atoms with van der Waals surface area (Å²) in [4.78, 5) is 31.5. The molecule has 1 heterocycles. The molecule has 0 spiro atoms. The standard InChI is InChI=1S/C8H18N2O2.C8H10O6.Pt/c1-5(2)8-11-6(3-9)7(4-10)12-8;1-4(9)14-5-2-8(3-5,6(10)11)7(12)13;/h5-8H,3-4,9-10H2,1-2H3;5H,2-3H2,1H3,(H,10,11)(H,12,13);/q;;+2/p-2/t6-,7-;;/m1../s1. The molecule has 0 amide bonds. The van der Waals surface area contributed by atoms with Crippen LogP contribution in [0.25, 0.3) is 0 Å². The van der Waals surface area contributed by atoms with Crippen molar-refractivity contribution in [2.75, 3.05) is 13.1 Å². The van der Waals surface area contributed by atoms with Crippen LogP contribution in [0.4, 0.5) is 0 Å². The number of hydrogen-bond acceptors (Lipinski definition) is 10. The summed E-state index contributed by atoms with van der Waals surface area (Å²) < 4.78 is 15.7. The van der Waals surface area contributed by atoms with Gasteiger partial charge in [-0.2, -0.15) is 0 Å². The Kier molecular flexibility index (Phi) is 10.6. The Labute approximate surface area is 172 Å². The van der Waals surface area contributed by atoms with Gasteiger partial charge >= 0.3 is 27.0 Å². The van der Waals surface area contributed by atoms with E-state index >= 15 is 0 Å². The van der Waals surface area contributed by atoms with Gasteiger partial charge in [-0.15, -0.1) is 0 Å². The van der Waals surface area contributed by atoms with Gasteiger partial charge in [0, 0.05) is 38.8 Å². The van der Waals surface area contributed by atoms with Crippen LogP contribution in [0.3, 0.4) is 0 Å². The molecule has 1 aliphatic heterocycles. The molecular formula is C16H26N2O8Pt. The van der Waals surface area contributed by atoms with Gasteiger partial charge in [0.1, 0.15) is 18.3 Å². The molecule has 0 unspecified atom stereocenters. The van der Waals surface area contributed by atoms with Gasteiger partial charge in [-0.05, 0) is 0 Å². The van der Waals surface area contributed by atoms with E-state index in [0.29, 0.717) is 19.0 Å². The molecule has 0 aromatic rings. The molecule has 0 bridgehead atoms. The first-order chi connectivity index (χ1) is 12.1. The van der Waals surface area contributed by atoms with Crippen molar-refractivity contribution in [3.8, 4) is 0 Å². The van der Waals surface area contributed by atoms with Crippen LogP contribution in [0.1, 0.15) is 33.6 Å². The van der Waals surface area contributed by atoms with E-state index in [-0.39, 0.29) is 52.4 Å². The summed E-state index contributed by atoms with van der Waals surface area (Å²) in [6, 6.07) is 0. The first kappa shape index (κ1) is 25.9. The number of aliphatic carboxylic acids is 2. The molecule has 2 fully saturated rings. The molecule has 11 heteroatoms. The van der Waals surface area contributed by atoms with Gasteiger partial charge in [-0.1, -0.05) is 13.8 Å². The number of carboxylic acids is 2. The summed E-state index contributed by atoms with van der Waals surface area (Å²) in [5, 5.41) is 21.0. The van der Waals surface area contributed by atoms with Gasteiger partial charge in [0.05, 0.1) is 17.4 Å². The average Bonchev–Trinajstić information content (AvgIpc) is 2.93. The maximum absolute atomic E-state index is 10.5. The van der Waals surface area contributed by atoms with E-state index in [1.54, 1.807) is 0 Å². The average molecular weight is 569 g/mol. The maximum Gasteiger partial charge on any atom is 2.00 e. The molecule has 27 heavy (non-hydrogen) atoms. The molecule has 2 atom stereocenters. The van der Waals surface area contributed by atoms with Gasteiger partial charge < -0.3 is 45.5 Å². The Morgan fingerprint density at radius 3 is 1.74 bits per heavy atom. The van der Waals surface area contributed by atoms with Crippen LogP contribution in [0.15, 0.2) is 0 Å². The van der Waals surface area contributed by atoms with Gasteiger partial charge in [0.2, 0.25) is 0 Å². The fraction of sp³-hybridized carbons (Fsp3) is 0.812. The maximum atomic E-state index is 10.5. The van der Waals surface area contributed by atoms with E-state index in [0.717, 1.165) is 6.92 Å². The van der Waals surface area contributed by atoms with Gasteiger partial charge in [-0.25, -0.2) is 0 Å². The minimum Gasteiger partial charge on any atom is -0.549 e. The van der Waals surface area contributed by atoms with Crippen molar-refractivity contribution in [3.05, 3.63) is 0 Å². The monoisotopic (exact) mass is 569 g/mol. The second kappa shape index (κ2) is 11.1. The normalized spacial score (nSPS) is 24.2. The van der Waals surface area contributed by atoms with Gasteiger partial charge in [-0.3, -0.25) is 4.79 Å². The van der Waals surface area contributed by atoms with Crippen molar-refractivity contribution in [1.29, 1.82) is 0 Å². The van der Waals surface area contributed by atoms with Crippen molar-refractivity contribution in [2.45, 2.75) is 58.2 Å². The molecule has 1 aliphatic carbocycles. The predicted octanol–water partition coefficient (Wildman–Crippen LogP) is -3.13. The Morgan fingerprint density at radius 2 is 1.48 bits per heavy atom. The Hall–Kier alpha value is -1.06. The molecule has 2 aliphatic rings. The molecule has 1 saturated heterocycles. The summed E-state index contributed by atoms with van der Waals surface area (Å²) in [6.07, 6.45) is -1.41. The van der Waals surface area contributed by atoms with Crippen LogP contribution in [0.2, 0.25) is 0 Å². The molecule has 0 radical (unpaired) electrons. The first-order valence-electron chi connectivity index (χ1n) is 8.38. The van der Waals surface area contributed by atoms with Crippen molar-refractivity contribution in [2.24, 2.45) is 22.8 Å². The van der Waals surface area contributed by atoms with Crippen molar-refractivity contribution in [3.63, 3.8) is 0 Å². The van der Waals surface area contributed by atoms with Crippen LogP contribution in [0, 0.1) is 11.3 Å². The number of hydrogen-bond donors (Lipinski definition) is 2. The number of carbonyl (C=O) groups is 3. The minimum absolute atomic E-state index is 0. The van der Waals surface area contributed by atoms with Gasteiger partial charge in [0.25, 0.3) is 0 Å². The summed E-state index contributed by atoms with van der Waals surface area (Å²) >= 11 is 0. The number of ether oxygens (including phenoxy) is 3. The van der Waals surface area contributed by atoms with Crippen LogP contribution < -0.4 is 21.7 Å². The van der Waals surface area contributed by atoms with Crippen molar-refractivity contribution < 1.29 is 59.9 Å². The van der Waals surface area contributed by atoms with Gasteiger partial charge in [0.15, 0.2) is 6.29 Å². The quantitative estimate of drug-likeness (QED) is 0.246. The zero-order valence-corrected chi connectivity index (χ0v) is 17.7. The molecule has 0 aromatic carbocycles. The van der Waals surface area contributed by atoms with Crippen LogP contribution in [-0.2, 0) is 49.7 Å². The summed E-state index contributed by atoms with van der Waals surface area (Å²) in [5.74, 6) is -3.60. The number of carboxylic acid groups (broad SMARTS) is 2. The van der Waals surface area contributed by atoms with Crippen LogP contribution in [0.5, 0.6) is 0 Å². The fourth-order valence-electron chi connectivity index (χ4n) is 2.73. The summed E-state index contributed by atoms with van der Waals surface area (Å²) in [7, 11) is 0. The van der Waals surface area contributed by atoms with Crippen LogP contribution in [-0.4, -0.2) is 55.6 Å². The van der Waals surface area contributed by atoms with E-state index in [4.69, 9.17) is 20.9 Å². The van der Waals surface area contributed by atoms with Crippen molar-refractivity contribution >= 4 is 17.9 Å². The Morgan fingerprint density at radius 1 is 1.07 bits per heavy atom. The molecule has 1 saturated carbocycles. The topological polar surface area (TPSA) is 177 Å². The molecular weight excluding hydrogens is 543 g/mol. The molecule has 4 N–H and O–H groups in total. The third-order valence-electron chi connectivity index (χ3n) is 4.31. The number of rotatable bonds is 6. The summed E-state index contributed by atoms with van der Waals surface area (Å²) in [5.41, 5.74) is 9.02. The molecule has 158 valence electrons. The largest absolute Gasteiger partial charge is 2.00 e. The zero-order valence-electron chi connectivity index (χ0n) is 15.5. The third kappa shape index (κ3) is 6.50. The van der Waals surface area contributed by atoms with E-state index in [1.807, 2.05) is 0 Å². The number of esters is 1. The SMILES string of the molecule is CC(=O)OC1CC(C(=O)[O-])(C(=O)[O-])C1.CC(C)C1O[C@H](CN)[C@@H](CN)O1.[Pt+2]. The second-order valence-electron chi connectivity index (χ2n) is 6.73. The third-order valence-corrected chi connectivity index (χ3v) is 4.31. The number of carbonyl (C=O) groups excluding carboxylic acids is 3. The predicted molar refractivity (Wildman–Crippen MR) is 83.7 cm³/mol. The van der Waals surface area contributed by atoms with E-state index in [2.05, 4.69) is 18.6 Å². The molecule has 2 rings (SSSR count). The Bertz CT molecular complexity index is 497. The van der Waals surface area contributed by atoms with Crippen LogP contribution >= 0.6 is 0 Å². The number of nitrogens with two attached hydrogens (primary N) is 2. The van der Waals surface area contributed by atoms with Crippen molar-refractivity contribution in [1.82, 2.24) is 0 Å². The molecule has 10 nitrogen and oxygen atoms in total. The second-order valence-corrected chi connectivity index (χ2v) is 6.73.